The molecular weight excluding hydrogens is 391 g/mol. The van der Waals surface area contributed by atoms with Gasteiger partial charge in [0.15, 0.2) is 0 Å². The monoisotopic (exact) mass is 407 g/mol. The third-order valence-electron chi connectivity index (χ3n) is 3.81. The van der Waals surface area contributed by atoms with Crippen LogP contribution >= 0.6 is 11.8 Å². The summed E-state index contributed by atoms with van der Waals surface area (Å²) in [6.45, 7) is -0.107. The standard InChI is InChI=1S/C18H16F3N5OS/c1-28-16-5-3-2-4-13(16)23-9-17(27)25-14-8-12(18(19,20)21)6-7-15(14)26-11-22-10-24-26/h2-8,10-11,23H,9H2,1H3,(H,25,27). The van der Waals surface area contributed by atoms with Gasteiger partial charge in [-0.25, -0.2) is 9.67 Å². The first-order valence-corrected chi connectivity index (χ1v) is 9.34. The van der Waals surface area contributed by atoms with E-state index in [1.54, 1.807) is 0 Å². The van der Waals surface area contributed by atoms with Crippen LogP contribution in [0.4, 0.5) is 24.5 Å². The molecule has 0 atom stereocenters. The summed E-state index contributed by atoms with van der Waals surface area (Å²) in [5.74, 6) is -0.489. The van der Waals surface area contributed by atoms with Gasteiger partial charge in [-0.05, 0) is 36.6 Å². The minimum Gasteiger partial charge on any atom is -0.375 e. The van der Waals surface area contributed by atoms with E-state index in [9.17, 15) is 18.0 Å². The number of rotatable bonds is 6. The smallest absolute Gasteiger partial charge is 0.375 e. The minimum atomic E-state index is -4.53. The zero-order valence-corrected chi connectivity index (χ0v) is 15.5. The zero-order valence-electron chi connectivity index (χ0n) is 14.7. The molecule has 1 heterocycles. The molecule has 0 spiro atoms. The number of thioether (sulfide) groups is 1. The Labute approximate surface area is 163 Å². The molecule has 1 aromatic heterocycles. The molecule has 0 aliphatic heterocycles. The van der Waals surface area contributed by atoms with E-state index in [0.29, 0.717) is 0 Å². The van der Waals surface area contributed by atoms with Crippen molar-refractivity contribution in [3.05, 3.63) is 60.7 Å². The van der Waals surface area contributed by atoms with E-state index < -0.39 is 17.6 Å². The number of hydrogen-bond donors (Lipinski definition) is 2. The average molecular weight is 407 g/mol. The highest BCUT2D eigenvalue weighted by molar-refractivity contribution is 7.98. The number of amides is 1. The van der Waals surface area contributed by atoms with E-state index in [1.165, 1.54) is 35.2 Å². The zero-order chi connectivity index (χ0) is 20.1. The molecule has 1 amide bonds. The van der Waals surface area contributed by atoms with Crippen molar-refractivity contribution in [2.45, 2.75) is 11.1 Å². The van der Waals surface area contributed by atoms with Crippen molar-refractivity contribution in [2.24, 2.45) is 0 Å². The van der Waals surface area contributed by atoms with Crippen molar-refractivity contribution in [2.75, 3.05) is 23.4 Å². The van der Waals surface area contributed by atoms with Crippen LogP contribution in [0.1, 0.15) is 5.56 Å². The Kier molecular flexibility index (Phi) is 5.88. The number of carbonyl (C=O) groups excluding carboxylic acids is 1. The van der Waals surface area contributed by atoms with Gasteiger partial charge >= 0.3 is 6.18 Å². The van der Waals surface area contributed by atoms with Crippen LogP contribution < -0.4 is 10.6 Å². The van der Waals surface area contributed by atoms with Crippen molar-refractivity contribution in [1.82, 2.24) is 14.8 Å². The van der Waals surface area contributed by atoms with E-state index >= 15 is 0 Å². The van der Waals surface area contributed by atoms with Gasteiger partial charge in [-0.3, -0.25) is 4.79 Å². The Morgan fingerprint density at radius 3 is 2.64 bits per heavy atom. The van der Waals surface area contributed by atoms with Crippen LogP contribution in [0.3, 0.4) is 0 Å². The second-order valence-electron chi connectivity index (χ2n) is 5.67. The molecule has 146 valence electrons. The number of para-hydroxylation sites is 1. The molecule has 28 heavy (non-hydrogen) atoms. The number of carbonyl (C=O) groups is 1. The summed E-state index contributed by atoms with van der Waals surface area (Å²) in [6, 6.07) is 10.5. The maximum atomic E-state index is 13.1. The van der Waals surface area contributed by atoms with E-state index in [2.05, 4.69) is 20.7 Å². The molecule has 0 saturated carbocycles. The van der Waals surface area contributed by atoms with Crippen LogP contribution in [0.25, 0.3) is 5.69 Å². The normalized spacial score (nSPS) is 11.3. The van der Waals surface area contributed by atoms with Gasteiger partial charge in [-0.2, -0.15) is 18.3 Å². The van der Waals surface area contributed by atoms with Gasteiger partial charge in [0.1, 0.15) is 12.7 Å². The molecule has 0 radical (unpaired) electrons. The lowest BCUT2D eigenvalue weighted by Crippen LogP contribution is -2.23. The number of nitrogens with zero attached hydrogens (tertiary/aromatic N) is 3. The lowest BCUT2D eigenvalue weighted by Gasteiger charge is -2.15. The number of aromatic nitrogens is 3. The Bertz CT molecular complexity index is 960. The van der Waals surface area contributed by atoms with E-state index in [1.807, 2.05) is 30.5 Å². The van der Waals surface area contributed by atoms with Crippen LogP contribution in [0, 0.1) is 0 Å². The summed E-state index contributed by atoms with van der Waals surface area (Å²) in [5, 5.41) is 9.43. The fraction of sp³-hybridized carbons (Fsp3) is 0.167. The summed E-state index contributed by atoms with van der Waals surface area (Å²) < 4.78 is 40.5. The van der Waals surface area contributed by atoms with Crippen molar-refractivity contribution < 1.29 is 18.0 Å². The van der Waals surface area contributed by atoms with Crippen molar-refractivity contribution in [1.29, 1.82) is 0 Å². The molecule has 0 fully saturated rings. The highest BCUT2D eigenvalue weighted by Gasteiger charge is 2.31. The number of alkyl halides is 3. The number of nitrogens with one attached hydrogen (secondary N) is 2. The second kappa shape index (κ2) is 8.34. The first-order valence-electron chi connectivity index (χ1n) is 8.11. The molecule has 0 aliphatic rings. The number of anilines is 2. The largest absolute Gasteiger partial charge is 0.416 e. The molecule has 0 aliphatic carbocycles. The summed E-state index contributed by atoms with van der Waals surface area (Å²) in [4.78, 5) is 17.1. The lowest BCUT2D eigenvalue weighted by molar-refractivity contribution is -0.137. The van der Waals surface area contributed by atoms with Crippen LogP contribution in [0.5, 0.6) is 0 Å². The first kappa shape index (κ1) is 19.7. The van der Waals surface area contributed by atoms with Gasteiger partial charge in [0.05, 0.1) is 23.5 Å². The van der Waals surface area contributed by atoms with E-state index in [4.69, 9.17) is 0 Å². The molecule has 3 aromatic rings. The lowest BCUT2D eigenvalue weighted by atomic mass is 10.1. The third kappa shape index (κ3) is 4.63. The molecule has 0 unspecified atom stereocenters. The van der Waals surface area contributed by atoms with Crippen LogP contribution in [-0.2, 0) is 11.0 Å². The highest BCUT2D eigenvalue weighted by atomic mass is 32.2. The van der Waals surface area contributed by atoms with Crippen LogP contribution in [-0.4, -0.2) is 33.5 Å². The summed E-state index contributed by atoms with van der Waals surface area (Å²) in [5.41, 5.74) is 0.173. The van der Waals surface area contributed by atoms with E-state index in [-0.39, 0.29) is 17.9 Å². The maximum absolute atomic E-state index is 13.1. The van der Waals surface area contributed by atoms with E-state index in [0.717, 1.165) is 22.7 Å². The molecule has 10 heteroatoms. The van der Waals surface area contributed by atoms with Crippen molar-refractivity contribution >= 4 is 29.0 Å². The molecule has 2 aromatic carbocycles. The third-order valence-corrected chi connectivity index (χ3v) is 4.61. The molecule has 6 nitrogen and oxygen atoms in total. The Balaban J connectivity index is 1.80. The number of benzene rings is 2. The topological polar surface area (TPSA) is 71.8 Å². The Morgan fingerprint density at radius 1 is 1.18 bits per heavy atom. The second-order valence-corrected chi connectivity index (χ2v) is 6.52. The summed E-state index contributed by atoms with van der Waals surface area (Å²) in [6.07, 6.45) is -0.0288. The number of halogens is 3. The highest BCUT2D eigenvalue weighted by Crippen LogP contribution is 2.33. The van der Waals surface area contributed by atoms with Gasteiger partial charge in [-0.1, -0.05) is 12.1 Å². The van der Waals surface area contributed by atoms with Crippen molar-refractivity contribution in [3.8, 4) is 5.69 Å². The first-order chi connectivity index (χ1) is 13.4. The Hall–Kier alpha value is -3.01. The number of hydrogen-bond acceptors (Lipinski definition) is 5. The fourth-order valence-corrected chi connectivity index (χ4v) is 3.08. The molecular formula is C18H16F3N5OS. The quantitative estimate of drug-likeness (QED) is 0.603. The predicted octanol–water partition coefficient (Wildman–Crippen LogP) is 4.06. The maximum Gasteiger partial charge on any atom is 0.416 e. The van der Waals surface area contributed by atoms with Gasteiger partial charge in [0.25, 0.3) is 0 Å². The minimum absolute atomic E-state index is 0.00900. The molecule has 3 rings (SSSR count). The predicted molar refractivity (Wildman–Crippen MR) is 102 cm³/mol. The summed E-state index contributed by atoms with van der Waals surface area (Å²) in [7, 11) is 0. The van der Waals surface area contributed by atoms with Crippen LogP contribution in [0.15, 0.2) is 60.0 Å². The van der Waals surface area contributed by atoms with Gasteiger partial charge in [0.2, 0.25) is 5.91 Å². The van der Waals surface area contributed by atoms with Crippen LogP contribution in [0.2, 0.25) is 0 Å². The average Bonchev–Trinajstić information content (AvgIpc) is 3.20. The van der Waals surface area contributed by atoms with Gasteiger partial charge in [-0.15, -0.1) is 11.8 Å². The van der Waals surface area contributed by atoms with Gasteiger partial charge < -0.3 is 10.6 Å². The molecule has 2 N–H and O–H groups in total. The van der Waals surface area contributed by atoms with Crippen molar-refractivity contribution in [3.63, 3.8) is 0 Å². The SMILES string of the molecule is CSc1ccccc1NCC(=O)Nc1cc(C(F)(F)F)ccc1-n1cncn1. The molecule has 0 bridgehead atoms. The Morgan fingerprint density at radius 2 is 1.96 bits per heavy atom. The summed E-state index contributed by atoms with van der Waals surface area (Å²) >= 11 is 1.52. The fourth-order valence-electron chi connectivity index (χ4n) is 2.51. The van der Waals surface area contributed by atoms with Gasteiger partial charge in [0, 0.05) is 10.6 Å². The molecule has 0 saturated heterocycles.